The van der Waals surface area contributed by atoms with E-state index >= 15 is 0 Å². The molecule has 0 amide bonds. The first kappa shape index (κ1) is 12.7. The molecule has 7 heteroatoms. The van der Waals surface area contributed by atoms with E-state index in [1.807, 2.05) is 12.1 Å². The topological polar surface area (TPSA) is 69.4 Å². The molecule has 6 nitrogen and oxygen atoms in total. The molecule has 0 saturated carbocycles. The number of fused-ring (bicyclic) bond motifs is 1. The monoisotopic (exact) mass is 332 g/mol. The molecule has 0 aliphatic rings. The lowest BCUT2D eigenvalue weighted by atomic mass is 10.3. The fraction of sp³-hybridized carbons (Fsp3) is 0.0769. The highest BCUT2D eigenvalue weighted by atomic mass is 79.9. The van der Waals surface area contributed by atoms with E-state index in [1.165, 1.54) is 7.11 Å². The van der Waals surface area contributed by atoms with E-state index < -0.39 is 5.97 Å². The van der Waals surface area contributed by atoms with Crippen molar-refractivity contribution < 1.29 is 9.53 Å². The lowest BCUT2D eigenvalue weighted by Gasteiger charge is -2.02. The number of methoxy groups -OCH3 is 1. The van der Waals surface area contributed by atoms with Gasteiger partial charge in [-0.15, -0.1) is 10.2 Å². The molecule has 0 aromatic carbocycles. The first-order valence-corrected chi connectivity index (χ1v) is 6.53. The average molecular weight is 333 g/mol. The van der Waals surface area contributed by atoms with E-state index in [9.17, 15) is 4.79 Å². The third-order valence-corrected chi connectivity index (χ3v) is 3.25. The fourth-order valence-corrected chi connectivity index (χ4v) is 2.05. The van der Waals surface area contributed by atoms with Crippen LogP contribution < -0.4 is 0 Å². The van der Waals surface area contributed by atoms with Crippen LogP contribution in [0.3, 0.4) is 0 Å². The maximum atomic E-state index is 11.6. The summed E-state index contributed by atoms with van der Waals surface area (Å²) in [6.45, 7) is 0. The van der Waals surface area contributed by atoms with Crippen LogP contribution in [0.5, 0.6) is 0 Å². The summed E-state index contributed by atoms with van der Waals surface area (Å²) < 4.78 is 7.30. The summed E-state index contributed by atoms with van der Waals surface area (Å²) in [7, 11) is 1.34. The van der Waals surface area contributed by atoms with Crippen LogP contribution in [0.1, 0.15) is 10.4 Å². The number of nitrogens with zero attached hydrogens (tertiary/aromatic N) is 4. The molecular weight excluding hydrogens is 324 g/mol. The Morgan fingerprint density at radius 2 is 2.10 bits per heavy atom. The van der Waals surface area contributed by atoms with Gasteiger partial charge in [-0.2, -0.15) is 0 Å². The van der Waals surface area contributed by atoms with Gasteiger partial charge in [-0.3, -0.25) is 9.38 Å². The summed E-state index contributed by atoms with van der Waals surface area (Å²) >= 11 is 3.33. The lowest BCUT2D eigenvalue weighted by molar-refractivity contribution is 0.0600. The Bertz CT molecular complexity index is 783. The van der Waals surface area contributed by atoms with E-state index in [1.54, 1.807) is 28.9 Å². The van der Waals surface area contributed by atoms with Gasteiger partial charge in [0.1, 0.15) is 5.69 Å². The van der Waals surface area contributed by atoms with Crippen LogP contribution in [0.25, 0.3) is 17.2 Å². The van der Waals surface area contributed by atoms with Crippen LogP contribution >= 0.6 is 15.9 Å². The summed E-state index contributed by atoms with van der Waals surface area (Å²) in [6.07, 6.45) is 3.32. The van der Waals surface area contributed by atoms with Crippen molar-refractivity contribution in [2.24, 2.45) is 0 Å². The van der Waals surface area contributed by atoms with Gasteiger partial charge in [0.05, 0.1) is 12.7 Å². The Hall–Kier alpha value is -2.28. The second kappa shape index (κ2) is 5.01. The van der Waals surface area contributed by atoms with Gasteiger partial charge in [-0.25, -0.2) is 4.79 Å². The smallest absolute Gasteiger partial charge is 0.339 e. The highest BCUT2D eigenvalue weighted by molar-refractivity contribution is 9.10. The molecule has 0 radical (unpaired) electrons. The van der Waals surface area contributed by atoms with Crippen molar-refractivity contribution in [1.82, 2.24) is 19.6 Å². The molecule has 100 valence electrons. The summed E-state index contributed by atoms with van der Waals surface area (Å²) in [6, 6.07) is 7.05. The third kappa shape index (κ3) is 2.16. The van der Waals surface area contributed by atoms with Crippen molar-refractivity contribution >= 4 is 27.5 Å². The van der Waals surface area contributed by atoms with Crippen molar-refractivity contribution in [3.8, 4) is 11.5 Å². The number of aromatic nitrogens is 4. The third-order valence-electron chi connectivity index (χ3n) is 2.78. The predicted octanol–water partition coefficient (Wildman–Crippen LogP) is 2.34. The minimum absolute atomic E-state index is 0.407. The number of carbonyl (C=O) groups excluding carboxylic acids is 1. The molecule has 20 heavy (non-hydrogen) atoms. The SMILES string of the molecule is COC(=O)c1ccc2nnc(-c3ccc(Br)cn3)n2c1. The average Bonchev–Trinajstić information content (AvgIpc) is 2.90. The minimum Gasteiger partial charge on any atom is -0.465 e. The molecule has 0 bridgehead atoms. The van der Waals surface area contributed by atoms with Gasteiger partial charge in [0.15, 0.2) is 11.5 Å². The fourth-order valence-electron chi connectivity index (χ4n) is 1.81. The maximum absolute atomic E-state index is 11.6. The molecule has 3 aromatic rings. The van der Waals surface area contributed by atoms with Gasteiger partial charge >= 0.3 is 5.97 Å². The number of carbonyl (C=O) groups is 1. The molecular formula is C13H9BrN4O2. The molecule has 3 heterocycles. The molecule has 0 saturated heterocycles. The van der Waals surface area contributed by atoms with Gasteiger partial charge in [0.25, 0.3) is 0 Å². The van der Waals surface area contributed by atoms with Crippen molar-refractivity contribution in [2.75, 3.05) is 7.11 Å². The Morgan fingerprint density at radius 3 is 2.80 bits per heavy atom. The molecule has 0 spiro atoms. The molecule has 3 aromatic heterocycles. The molecule has 3 rings (SSSR count). The number of hydrogen-bond donors (Lipinski definition) is 0. The van der Waals surface area contributed by atoms with Gasteiger partial charge in [0, 0.05) is 16.9 Å². The highest BCUT2D eigenvalue weighted by Crippen LogP contribution is 2.18. The molecule has 0 aliphatic heterocycles. The number of hydrogen-bond acceptors (Lipinski definition) is 5. The van der Waals surface area contributed by atoms with E-state index in [-0.39, 0.29) is 0 Å². The molecule has 0 atom stereocenters. The number of esters is 1. The van der Waals surface area contributed by atoms with Gasteiger partial charge in [-0.1, -0.05) is 0 Å². The zero-order valence-corrected chi connectivity index (χ0v) is 12.0. The number of rotatable bonds is 2. The van der Waals surface area contributed by atoms with Gasteiger partial charge < -0.3 is 4.74 Å². The standard InChI is InChI=1S/C13H9BrN4O2/c1-20-13(19)8-2-5-11-16-17-12(18(11)7-8)10-4-3-9(14)6-15-10/h2-7H,1H3. The second-order valence-corrected chi connectivity index (χ2v) is 4.94. The van der Waals surface area contributed by atoms with Crippen molar-refractivity contribution in [1.29, 1.82) is 0 Å². The Kier molecular flexibility index (Phi) is 3.19. The normalized spacial score (nSPS) is 10.7. The van der Waals surface area contributed by atoms with Crippen LogP contribution in [0.15, 0.2) is 41.1 Å². The zero-order valence-electron chi connectivity index (χ0n) is 10.4. The van der Waals surface area contributed by atoms with Crippen molar-refractivity contribution in [2.45, 2.75) is 0 Å². The van der Waals surface area contributed by atoms with E-state index in [4.69, 9.17) is 4.74 Å². The van der Waals surface area contributed by atoms with Crippen LogP contribution in [-0.2, 0) is 4.74 Å². The van der Waals surface area contributed by atoms with Crippen LogP contribution in [0.4, 0.5) is 0 Å². The first-order valence-electron chi connectivity index (χ1n) is 5.74. The Balaban J connectivity index is 2.16. The number of ether oxygens (including phenoxy) is 1. The quantitative estimate of drug-likeness (QED) is 0.673. The van der Waals surface area contributed by atoms with Crippen molar-refractivity contribution in [3.05, 3.63) is 46.7 Å². The summed E-state index contributed by atoms with van der Waals surface area (Å²) in [5, 5.41) is 8.16. The van der Waals surface area contributed by atoms with Crippen LogP contribution in [0.2, 0.25) is 0 Å². The summed E-state index contributed by atoms with van der Waals surface area (Å²) in [5.41, 5.74) is 1.73. The largest absolute Gasteiger partial charge is 0.465 e. The molecule has 0 fully saturated rings. The van der Waals surface area contributed by atoms with Crippen LogP contribution in [0, 0.1) is 0 Å². The summed E-state index contributed by atoms with van der Waals surface area (Å²) in [4.78, 5) is 15.9. The molecule has 0 aliphatic carbocycles. The summed E-state index contributed by atoms with van der Waals surface area (Å²) in [5.74, 6) is 0.161. The molecule has 0 unspecified atom stereocenters. The number of halogens is 1. The van der Waals surface area contributed by atoms with Gasteiger partial charge in [-0.05, 0) is 40.2 Å². The first-order chi connectivity index (χ1) is 9.69. The number of pyridine rings is 2. The minimum atomic E-state index is -0.407. The van der Waals surface area contributed by atoms with E-state index in [0.717, 1.165) is 4.47 Å². The highest BCUT2D eigenvalue weighted by Gasteiger charge is 2.12. The Labute approximate surface area is 122 Å². The lowest BCUT2D eigenvalue weighted by Crippen LogP contribution is -2.03. The molecule has 0 N–H and O–H groups in total. The maximum Gasteiger partial charge on any atom is 0.339 e. The van der Waals surface area contributed by atoms with Gasteiger partial charge in [0.2, 0.25) is 0 Å². The van der Waals surface area contributed by atoms with Crippen molar-refractivity contribution in [3.63, 3.8) is 0 Å². The zero-order chi connectivity index (χ0) is 14.1. The Morgan fingerprint density at radius 1 is 1.25 bits per heavy atom. The second-order valence-electron chi connectivity index (χ2n) is 4.02. The predicted molar refractivity (Wildman–Crippen MR) is 75.3 cm³/mol. The van der Waals surface area contributed by atoms with Crippen LogP contribution in [-0.4, -0.2) is 32.7 Å². The van der Waals surface area contributed by atoms with E-state index in [0.29, 0.717) is 22.7 Å². The van der Waals surface area contributed by atoms with E-state index in [2.05, 4.69) is 31.1 Å².